The molecule has 24 heavy (non-hydrogen) atoms. The maximum absolute atomic E-state index is 11.9. The van der Waals surface area contributed by atoms with Gasteiger partial charge in [0.05, 0.1) is 11.6 Å². The lowest BCUT2D eigenvalue weighted by Crippen LogP contribution is -2.43. The number of carbonyl (C=O) groups excluding carboxylic acids is 2. The maximum atomic E-state index is 11.9. The van der Waals surface area contributed by atoms with Crippen LogP contribution in [0.15, 0.2) is 48.5 Å². The van der Waals surface area contributed by atoms with E-state index in [1.165, 1.54) is 24.3 Å². The van der Waals surface area contributed by atoms with E-state index in [-0.39, 0.29) is 6.61 Å². The van der Waals surface area contributed by atoms with Crippen LogP contribution >= 0.6 is 0 Å². The lowest BCUT2D eigenvalue weighted by molar-refractivity contribution is -0.123. The number of amides is 2. The van der Waals surface area contributed by atoms with Gasteiger partial charge in [0.1, 0.15) is 5.75 Å². The third-order valence-electron chi connectivity index (χ3n) is 3.30. The van der Waals surface area contributed by atoms with Crippen LogP contribution in [0, 0.1) is 11.3 Å². The van der Waals surface area contributed by atoms with Crippen molar-refractivity contribution in [3.8, 4) is 11.8 Å². The molecule has 0 saturated heterocycles. The van der Waals surface area contributed by atoms with Gasteiger partial charge >= 0.3 is 0 Å². The Labute approximate surface area is 140 Å². The van der Waals surface area contributed by atoms with E-state index in [4.69, 9.17) is 10.00 Å². The summed E-state index contributed by atoms with van der Waals surface area (Å²) in [4.78, 5) is 23.6. The van der Waals surface area contributed by atoms with Crippen LogP contribution in [-0.4, -0.2) is 18.4 Å². The van der Waals surface area contributed by atoms with Crippen molar-refractivity contribution in [3.63, 3.8) is 0 Å². The van der Waals surface area contributed by atoms with Crippen molar-refractivity contribution in [3.05, 3.63) is 65.2 Å². The van der Waals surface area contributed by atoms with Crippen molar-refractivity contribution >= 4 is 11.8 Å². The molecule has 2 aromatic rings. The van der Waals surface area contributed by atoms with Gasteiger partial charge in [-0.05, 0) is 42.3 Å². The lowest BCUT2D eigenvalue weighted by Gasteiger charge is -2.11. The number of carbonyl (C=O) groups is 2. The Morgan fingerprint density at radius 1 is 1.08 bits per heavy atom. The highest BCUT2D eigenvalue weighted by Gasteiger charge is 2.09. The number of hydrogen-bond donors (Lipinski definition) is 2. The first kappa shape index (κ1) is 17.0. The third kappa shape index (κ3) is 4.58. The van der Waals surface area contributed by atoms with Gasteiger partial charge in [-0.1, -0.05) is 25.1 Å². The first-order chi connectivity index (χ1) is 11.6. The molecule has 122 valence electrons. The molecule has 0 aliphatic heterocycles. The molecule has 0 unspecified atom stereocenters. The molecule has 6 nitrogen and oxygen atoms in total. The summed E-state index contributed by atoms with van der Waals surface area (Å²) in [6.07, 6.45) is 0.799. The summed E-state index contributed by atoms with van der Waals surface area (Å²) >= 11 is 0. The minimum atomic E-state index is -0.471. The number of ether oxygens (including phenoxy) is 1. The number of rotatable bonds is 5. The van der Waals surface area contributed by atoms with Gasteiger partial charge in [0.15, 0.2) is 6.61 Å². The Kier molecular flexibility index (Phi) is 5.92. The molecule has 2 aromatic carbocycles. The number of benzene rings is 2. The van der Waals surface area contributed by atoms with Crippen LogP contribution in [0.1, 0.15) is 28.4 Å². The molecule has 0 fully saturated rings. The van der Waals surface area contributed by atoms with Crippen molar-refractivity contribution in [1.29, 1.82) is 5.26 Å². The minimum Gasteiger partial charge on any atom is -0.483 e. The summed E-state index contributed by atoms with van der Waals surface area (Å²) in [6, 6.07) is 15.5. The smallest absolute Gasteiger partial charge is 0.276 e. The van der Waals surface area contributed by atoms with E-state index in [1.54, 1.807) is 6.07 Å². The van der Waals surface area contributed by atoms with Gasteiger partial charge < -0.3 is 4.74 Å². The van der Waals surface area contributed by atoms with Crippen LogP contribution in [-0.2, 0) is 11.2 Å². The summed E-state index contributed by atoms with van der Waals surface area (Å²) in [5.74, 6) is -0.293. The molecular weight excluding hydrogens is 306 g/mol. The SMILES string of the molecule is CCc1ccccc1OCC(=O)NNC(=O)c1ccc(C#N)cc1. The molecule has 0 spiro atoms. The first-order valence-corrected chi connectivity index (χ1v) is 7.44. The van der Waals surface area contributed by atoms with E-state index in [0.29, 0.717) is 16.9 Å². The zero-order valence-electron chi connectivity index (χ0n) is 13.2. The Bertz CT molecular complexity index is 764. The number of nitriles is 1. The Balaban J connectivity index is 1.82. The first-order valence-electron chi connectivity index (χ1n) is 7.44. The monoisotopic (exact) mass is 323 g/mol. The predicted octanol–water partition coefficient (Wildman–Crippen LogP) is 1.96. The van der Waals surface area contributed by atoms with E-state index >= 15 is 0 Å². The standard InChI is InChI=1S/C18H17N3O3/c1-2-14-5-3-4-6-16(14)24-12-17(22)20-21-18(23)15-9-7-13(11-19)8-10-15/h3-10H,2,12H2,1H3,(H,20,22)(H,21,23). The Morgan fingerprint density at radius 3 is 2.46 bits per heavy atom. The third-order valence-corrected chi connectivity index (χ3v) is 3.30. The molecule has 2 amide bonds. The number of para-hydroxylation sites is 1. The topological polar surface area (TPSA) is 91.2 Å². The summed E-state index contributed by atoms with van der Waals surface area (Å²) in [5.41, 5.74) is 6.39. The molecule has 0 aromatic heterocycles. The maximum Gasteiger partial charge on any atom is 0.276 e. The molecule has 0 saturated carbocycles. The van der Waals surface area contributed by atoms with E-state index in [9.17, 15) is 9.59 Å². The number of hydrogen-bond acceptors (Lipinski definition) is 4. The normalized spacial score (nSPS) is 9.67. The summed E-state index contributed by atoms with van der Waals surface area (Å²) in [7, 11) is 0. The highest BCUT2D eigenvalue weighted by atomic mass is 16.5. The second-order valence-corrected chi connectivity index (χ2v) is 4.94. The zero-order chi connectivity index (χ0) is 17.4. The molecule has 6 heteroatoms. The fourth-order valence-electron chi connectivity index (χ4n) is 2.01. The average molecular weight is 323 g/mol. The molecule has 0 bridgehead atoms. The van der Waals surface area contributed by atoms with E-state index in [0.717, 1.165) is 12.0 Å². The van der Waals surface area contributed by atoms with E-state index in [2.05, 4.69) is 10.9 Å². The average Bonchev–Trinajstić information content (AvgIpc) is 2.64. The van der Waals surface area contributed by atoms with Gasteiger partial charge in [-0.15, -0.1) is 0 Å². The van der Waals surface area contributed by atoms with Gasteiger partial charge in [0.25, 0.3) is 11.8 Å². The molecule has 0 heterocycles. The quantitative estimate of drug-likeness (QED) is 0.823. The van der Waals surface area contributed by atoms with E-state index < -0.39 is 11.8 Å². The predicted molar refractivity (Wildman–Crippen MR) is 88.1 cm³/mol. The highest BCUT2D eigenvalue weighted by Crippen LogP contribution is 2.17. The lowest BCUT2D eigenvalue weighted by atomic mass is 10.1. The van der Waals surface area contributed by atoms with Crippen molar-refractivity contribution in [2.45, 2.75) is 13.3 Å². The zero-order valence-corrected chi connectivity index (χ0v) is 13.2. The van der Waals surface area contributed by atoms with Gasteiger partial charge in [0, 0.05) is 5.56 Å². The second-order valence-electron chi connectivity index (χ2n) is 4.94. The van der Waals surface area contributed by atoms with Crippen molar-refractivity contribution in [2.75, 3.05) is 6.61 Å². The van der Waals surface area contributed by atoms with Crippen LogP contribution in [0.2, 0.25) is 0 Å². The molecule has 0 aliphatic carbocycles. The van der Waals surface area contributed by atoms with Crippen LogP contribution in [0.25, 0.3) is 0 Å². The van der Waals surface area contributed by atoms with Crippen LogP contribution in [0.3, 0.4) is 0 Å². The molecule has 0 atom stereocenters. The summed E-state index contributed by atoms with van der Waals surface area (Å²) < 4.78 is 5.46. The van der Waals surface area contributed by atoms with E-state index in [1.807, 2.05) is 31.2 Å². The fraction of sp³-hybridized carbons (Fsp3) is 0.167. The summed E-state index contributed by atoms with van der Waals surface area (Å²) in [5, 5.41) is 8.71. The van der Waals surface area contributed by atoms with Crippen molar-refractivity contribution in [2.24, 2.45) is 0 Å². The molecule has 2 rings (SSSR count). The molecular formula is C18H17N3O3. The van der Waals surface area contributed by atoms with Crippen LogP contribution in [0.4, 0.5) is 0 Å². The number of aryl methyl sites for hydroxylation is 1. The largest absolute Gasteiger partial charge is 0.483 e. The number of nitrogens with zero attached hydrogens (tertiary/aromatic N) is 1. The Morgan fingerprint density at radius 2 is 1.79 bits per heavy atom. The van der Waals surface area contributed by atoms with Gasteiger partial charge in [0.2, 0.25) is 0 Å². The van der Waals surface area contributed by atoms with Crippen molar-refractivity contribution in [1.82, 2.24) is 10.9 Å². The molecule has 0 aliphatic rings. The van der Waals surface area contributed by atoms with Crippen LogP contribution < -0.4 is 15.6 Å². The molecule has 2 N–H and O–H groups in total. The van der Waals surface area contributed by atoms with Gasteiger partial charge in [-0.3, -0.25) is 20.4 Å². The van der Waals surface area contributed by atoms with Gasteiger partial charge in [-0.2, -0.15) is 5.26 Å². The number of hydrazine groups is 1. The molecule has 0 radical (unpaired) electrons. The fourth-order valence-corrected chi connectivity index (χ4v) is 2.01. The minimum absolute atomic E-state index is 0.204. The van der Waals surface area contributed by atoms with Crippen molar-refractivity contribution < 1.29 is 14.3 Å². The van der Waals surface area contributed by atoms with Gasteiger partial charge in [-0.25, -0.2) is 0 Å². The van der Waals surface area contributed by atoms with Crippen LogP contribution in [0.5, 0.6) is 5.75 Å². The second kappa shape index (κ2) is 8.34. The summed E-state index contributed by atoms with van der Waals surface area (Å²) in [6.45, 7) is 1.80. The highest BCUT2D eigenvalue weighted by molar-refractivity contribution is 5.95. The number of nitrogens with one attached hydrogen (secondary N) is 2. The Hall–Kier alpha value is -3.33.